The second-order valence-corrected chi connectivity index (χ2v) is 11.2. The first-order valence-electron chi connectivity index (χ1n) is 11.5. The first-order valence-corrected chi connectivity index (χ1v) is 13.4. The molecule has 1 aliphatic heterocycles. The van der Waals surface area contributed by atoms with E-state index in [2.05, 4.69) is 28.9 Å². The third kappa shape index (κ3) is 5.81. The monoisotopic (exact) mass is 463 g/mol. The number of aromatic nitrogens is 2. The van der Waals surface area contributed by atoms with Gasteiger partial charge in [-0.15, -0.1) is 0 Å². The quantitative estimate of drug-likeness (QED) is 0.609. The second-order valence-electron chi connectivity index (χ2n) is 9.17. The van der Waals surface area contributed by atoms with Gasteiger partial charge < -0.3 is 18.9 Å². The van der Waals surface area contributed by atoms with Gasteiger partial charge in [-0.1, -0.05) is 19.0 Å². The van der Waals surface area contributed by atoms with Crippen LogP contribution in [0.1, 0.15) is 64.1 Å². The summed E-state index contributed by atoms with van der Waals surface area (Å²) < 4.78 is 41.0. The van der Waals surface area contributed by atoms with Crippen LogP contribution in [0, 0.1) is 0 Å². The summed E-state index contributed by atoms with van der Waals surface area (Å²) in [6.07, 6.45) is 7.66. The highest BCUT2D eigenvalue weighted by atomic mass is 32.2. The maximum Gasteiger partial charge on any atom is 0.324 e. The van der Waals surface area contributed by atoms with Gasteiger partial charge in [0.15, 0.2) is 15.7 Å². The van der Waals surface area contributed by atoms with Gasteiger partial charge in [-0.25, -0.2) is 8.42 Å². The van der Waals surface area contributed by atoms with Gasteiger partial charge in [0.05, 0.1) is 23.2 Å². The lowest BCUT2D eigenvalue weighted by Crippen LogP contribution is -2.39. The van der Waals surface area contributed by atoms with E-state index >= 15 is 0 Å². The normalized spacial score (nSPS) is 22.9. The number of anilines is 1. The molecule has 1 saturated heterocycles. The molecule has 4 rings (SSSR count). The summed E-state index contributed by atoms with van der Waals surface area (Å²) >= 11 is 0. The number of hydrogen-bond donors (Lipinski definition) is 0. The highest BCUT2D eigenvalue weighted by molar-refractivity contribution is 7.90. The van der Waals surface area contributed by atoms with Gasteiger partial charge in [-0.05, 0) is 62.8 Å². The van der Waals surface area contributed by atoms with Crippen LogP contribution >= 0.6 is 0 Å². The van der Waals surface area contributed by atoms with E-state index in [1.54, 1.807) is 24.3 Å². The molecule has 0 N–H and O–H groups in total. The molecule has 0 unspecified atom stereocenters. The minimum Gasteiger partial charge on any atom is -0.490 e. The number of rotatable bonds is 7. The summed E-state index contributed by atoms with van der Waals surface area (Å²) in [4.78, 5) is 6.96. The SMILES string of the molecule is CC(C)c1noc(N2CCC(O[C@H]3CC[C@H](Oc4ccc(S(C)(=O)=O)cc4)CC3)CC2)n1. The van der Waals surface area contributed by atoms with E-state index in [1.807, 2.05) is 0 Å². The molecule has 2 fully saturated rings. The van der Waals surface area contributed by atoms with Crippen LogP contribution in [-0.4, -0.2) is 56.2 Å². The Morgan fingerprint density at radius 2 is 1.56 bits per heavy atom. The molecule has 8 nitrogen and oxygen atoms in total. The Hall–Kier alpha value is -2.13. The third-order valence-electron chi connectivity index (χ3n) is 6.22. The van der Waals surface area contributed by atoms with E-state index in [0.29, 0.717) is 10.9 Å². The summed E-state index contributed by atoms with van der Waals surface area (Å²) in [5, 5.41) is 4.06. The summed E-state index contributed by atoms with van der Waals surface area (Å²) in [6, 6.07) is 7.29. The third-order valence-corrected chi connectivity index (χ3v) is 7.35. The molecule has 0 radical (unpaired) electrons. The van der Waals surface area contributed by atoms with Gasteiger partial charge in [0, 0.05) is 25.3 Å². The molecule has 1 saturated carbocycles. The van der Waals surface area contributed by atoms with Crippen LogP contribution < -0.4 is 9.64 Å². The molecule has 2 aliphatic rings. The van der Waals surface area contributed by atoms with Crippen molar-refractivity contribution < 1.29 is 22.4 Å². The highest BCUT2D eigenvalue weighted by Crippen LogP contribution is 2.29. The van der Waals surface area contributed by atoms with Crippen molar-refractivity contribution in [1.82, 2.24) is 10.1 Å². The van der Waals surface area contributed by atoms with Crippen molar-refractivity contribution in [2.45, 2.75) is 81.5 Å². The Labute approximate surface area is 190 Å². The first-order chi connectivity index (χ1) is 15.3. The van der Waals surface area contributed by atoms with Crippen molar-refractivity contribution >= 4 is 15.9 Å². The summed E-state index contributed by atoms with van der Waals surface area (Å²) in [5.74, 6) is 1.74. The molecule has 0 atom stereocenters. The lowest BCUT2D eigenvalue weighted by atomic mass is 9.94. The van der Waals surface area contributed by atoms with Crippen molar-refractivity contribution in [3.8, 4) is 5.75 Å². The summed E-state index contributed by atoms with van der Waals surface area (Å²) in [6.45, 7) is 5.85. The van der Waals surface area contributed by atoms with Gasteiger partial charge in [-0.3, -0.25) is 0 Å². The van der Waals surface area contributed by atoms with Gasteiger partial charge in [0.1, 0.15) is 5.75 Å². The maximum absolute atomic E-state index is 11.6. The van der Waals surface area contributed by atoms with E-state index in [-0.39, 0.29) is 24.2 Å². The van der Waals surface area contributed by atoms with E-state index in [1.165, 1.54) is 6.26 Å². The topological polar surface area (TPSA) is 94.8 Å². The predicted octanol–water partition coefficient (Wildman–Crippen LogP) is 3.97. The molecule has 0 spiro atoms. The fourth-order valence-corrected chi connectivity index (χ4v) is 4.92. The molecule has 1 aliphatic carbocycles. The van der Waals surface area contributed by atoms with E-state index in [0.717, 1.165) is 63.2 Å². The molecule has 0 bridgehead atoms. The average molecular weight is 464 g/mol. The lowest BCUT2D eigenvalue weighted by Gasteiger charge is -2.35. The highest BCUT2D eigenvalue weighted by Gasteiger charge is 2.29. The minimum atomic E-state index is -3.18. The van der Waals surface area contributed by atoms with Crippen LogP contribution in [0.3, 0.4) is 0 Å². The summed E-state index contributed by atoms with van der Waals surface area (Å²) in [7, 11) is -3.18. The van der Waals surface area contributed by atoms with Crippen LogP contribution in [-0.2, 0) is 14.6 Å². The Morgan fingerprint density at radius 3 is 2.12 bits per heavy atom. The van der Waals surface area contributed by atoms with Crippen LogP contribution in [0.4, 0.5) is 6.01 Å². The van der Waals surface area contributed by atoms with Crippen molar-refractivity contribution in [2.24, 2.45) is 0 Å². The molecule has 9 heteroatoms. The summed E-state index contributed by atoms with van der Waals surface area (Å²) in [5.41, 5.74) is 0. The Bertz CT molecular complexity index is 973. The van der Waals surface area contributed by atoms with E-state index in [4.69, 9.17) is 14.0 Å². The second kappa shape index (κ2) is 9.79. The zero-order valence-corrected chi connectivity index (χ0v) is 19.9. The average Bonchev–Trinajstić information content (AvgIpc) is 3.26. The van der Waals surface area contributed by atoms with Crippen molar-refractivity contribution in [1.29, 1.82) is 0 Å². The number of nitrogens with zero attached hydrogens (tertiary/aromatic N) is 3. The predicted molar refractivity (Wildman–Crippen MR) is 121 cm³/mol. The zero-order chi connectivity index (χ0) is 22.7. The lowest BCUT2D eigenvalue weighted by molar-refractivity contribution is -0.0530. The number of ether oxygens (including phenoxy) is 2. The first kappa shape index (κ1) is 23.0. The smallest absolute Gasteiger partial charge is 0.324 e. The van der Waals surface area contributed by atoms with E-state index < -0.39 is 9.84 Å². The fraction of sp³-hybridized carbons (Fsp3) is 0.652. The molecule has 0 amide bonds. The Kier molecular flexibility index (Phi) is 7.05. The Balaban J connectivity index is 1.18. The molecular formula is C23H33N3O5S. The van der Waals surface area contributed by atoms with Gasteiger partial charge >= 0.3 is 6.01 Å². The zero-order valence-electron chi connectivity index (χ0n) is 19.1. The number of piperidine rings is 1. The van der Waals surface area contributed by atoms with E-state index in [9.17, 15) is 8.42 Å². The fourth-order valence-electron chi connectivity index (χ4n) is 4.29. The van der Waals surface area contributed by atoms with Gasteiger partial charge in [0.25, 0.3) is 0 Å². The standard InChI is InChI=1S/C23H33N3O5S/c1-16(2)22-24-23(31-25-22)26-14-12-20(13-15-26)30-18-6-4-17(5-7-18)29-19-8-10-21(11-9-19)32(3,27)28/h8-11,16-18,20H,4-7,12-15H2,1-3H3/t17-,18-. The molecule has 2 aromatic rings. The number of benzene rings is 1. The van der Waals surface area contributed by atoms with Crippen LogP contribution in [0.2, 0.25) is 0 Å². The Morgan fingerprint density at radius 1 is 0.969 bits per heavy atom. The van der Waals surface area contributed by atoms with Crippen molar-refractivity contribution in [2.75, 3.05) is 24.2 Å². The maximum atomic E-state index is 11.6. The van der Waals surface area contributed by atoms with Crippen LogP contribution in [0.25, 0.3) is 0 Å². The van der Waals surface area contributed by atoms with Crippen molar-refractivity contribution in [3.05, 3.63) is 30.1 Å². The molecule has 1 aromatic carbocycles. The molecule has 2 heterocycles. The van der Waals surface area contributed by atoms with Crippen molar-refractivity contribution in [3.63, 3.8) is 0 Å². The van der Waals surface area contributed by atoms with Crippen LogP contribution in [0.15, 0.2) is 33.7 Å². The molecule has 32 heavy (non-hydrogen) atoms. The minimum absolute atomic E-state index is 0.147. The molecule has 176 valence electrons. The number of sulfone groups is 1. The van der Waals surface area contributed by atoms with Gasteiger partial charge in [0.2, 0.25) is 0 Å². The number of hydrogen-bond acceptors (Lipinski definition) is 8. The van der Waals surface area contributed by atoms with Crippen LogP contribution in [0.5, 0.6) is 5.75 Å². The molecule has 1 aromatic heterocycles. The molecular weight excluding hydrogens is 430 g/mol. The largest absolute Gasteiger partial charge is 0.490 e. The van der Waals surface area contributed by atoms with Gasteiger partial charge in [-0.2, -0.15) is 4.98 Å².